The second-order valence-electron chi connectivity index (χ2n) is 3.90. The molecule has 0 aliphatic rings. The van der Waals surface area contributed by atoms with E-state index in [1.807, 2.05) is 0 Å². The van der Waals surface area contributed by atoms with Gasteiger partial charge in [-0.05, 0) is 0 Å². The molecule has 0 aliphatic carbocycles. The number of nitrogens with two attached hydrogens (primary N) is 1. The number of hydrogen-bond donors (Lipinski definition) is 2. The zero-order valence-electron chi connectivity index (χ0n) is 11.5. The zero-order valence-corrected chi connectivity index (χ0v) is 11.5. The third kappa shape index (κ3) is 4.33. The highest BCUT2D eigenvalue weighted by molar-refractivity contribution is 5.73. The van der Waals surface area contributed by atoms with Gasteiger partial charge in [-0.2, -0.15) is 0 Å². The van der Waals surface area contributed by atoms with Gasteiger partial charge in [-0.25, -0.2) is 0 Å². The van der Waals surface area contributed by atoms with Crippen LogP contribution >= 0.6 is 0 Å². The second kappa shape index (κ2) is 7.48. The van der Waals surface area contributed by atoms with Crippen LogP contribution in [0.4, 0.5) is 0 Å². The minimum atomic E-state index is -0.332. The summed E-state index contributed by atoms with van der Waals surface area (Å²) in [6.07, 6.45) is 0.292. The molecular formula is C13H20N2O4. The van der Waals surface area contributed by atoms with Crippen molar-refractivity contribution in [2.45, 2.75) is 13.0 Å². The Bertz CT molecular complexity index is 410. The van der Waals surface area contributed by atoms with E-state index < -0.39 is 0 Å². The van der Waals surface area contributed by atoms with E-state index in [-0.39, 0.29) is 5.91 Å². The van der Waals surface area contributed by atoms with Crippen molar-refractivity contribution < 1.29 is 19.0 Å². The Morgan fingerprint density at radius 2 is 1.74 bits per heavy atom. The van der Waals surface area contributed by atoms with Crippen LogP contribution in [0.1, 0.15) is 12.0 Å². The molecule has 1 amide bonds. The van der Waals surface area contributed by atoms with Gasteiger partial charge in [0.15, 0.2) is 0 Å². The average Bonchev–Trinajstić information content (AvgIpc) is 2.42. The Morgan fingerprint density at radius 1 is 1.16 bits per heavy atom. The zero-order chi connectivity index (χ0) is 14.3. The summed E-state index contributed by atoms with van der Waals surface area (Å²) >= 11 is 0. The monoisotopic (exact) mass is 268 g/mol. The molecule has 0 aromatic heterocycles. The number of nitrogens with one attached hydrogen (secondary N) is 1. The smallest absolute Gasteiger partial charge is 0.218 e. The van der Waals surface area contributed by atoms with Crippen LogP contribution in [0.15, 0.2) is 12.1 Å². The summed E-state index contributed by atoms with van der Waals surface area (Å²) in [5.74, 6) is 1.67. The van der Waals surface area contributed by atoms with Gasteiger partial charge in [0.05, 0.1) is 26.9 Å². The predicted molar refractivity (Wildman–Crippen MR) is 71.6 cm³/mol. The minimum Gasteiger partial charge on any atom is -0.496 e. The maximum atomic E-state index is 10.7. The van der Waals surface area contributed by atoms with E-state index in [4.69, 9.17) is 19.9 Å². The van der Waals surface area contributed by atoms with Gasteiger partial charge in [-0.15, -0.1) is 0 Å². The Labute approximate surface area is 112 Å². The Balaban J connectivity index is 2.82. The number of benzene rings is 1. The molecule has 6 nitrogen and oxygen atoms in total. The van der Waals surface area contributed by atoms with Crippen LogP contribution in [0, 0.1) is 0 Å². The maximum absolute atomic E-state index is 10.7. The summed E-state index contributed by atoms with van der Waals surface area (Å²) in [4.78, 5) is 10.7. The summed E-state index contributed by atoms with van der Waals surface area (Å²) in [7, 11) is 4.75. The SMILES string of the molecule is COc1cc(OC)c(CNCCC(N)=O)c(OC)c1. The van der Waals surface area contributed by atoms with Crippen molar-refractivity contribution in [3.8, 4) is 17.2 Å². The Kier molecular flexibility index (Phi) is 5.95. The van der Waals surface area contributed by atoms with Gasteiger partial charge in [0.1, 0.15) is 17.2 Å². The Hall–Kier alpha value is -1.95. The third-order valence-electron chi connectivity index (χ3n) is 2.67. The highest BCUT2D eigenvalue weighted by Gasteiger charge is 2.12. The molecule has 6 heteroatoms. The number of methoxy groups -OCH3 is 3. The molecule has 1 rings (SSSR count). The van der Waals surface area contributed by atoms with Gasteiger partial charge in [-0.3, -0.25) is 4.79 Å². The normalized spacial score (nSPS) is 10.1. The molecule has 106 valence electrons. The van der Waals surface area contributed by atoms with Crippen molar-refractivity contribution in [1.29, 1.82) is 0 Å². The van der Waals surface area contributed by atoms with Gasteiger partial charge >= 0.3 is 0 Å². The van der Waals surface area contributed by atoms with Gasteiger partial charge in [-0.1, -0.05) is 0 Å². The van der Waals surface area contributed by atoms with E-state index in [1.165, 1.54) is 0 Å². The fraction of sp³-hybridized carbons (Fsp3) is 0.462. The highest BCUT2D eigenvalue weighted by atomic mass is 16.5. The first-order chi connectivity index (χ1) is 9.12. The molecule has 1 aromatic rings. The summed E-state index contributed by atoms with van der Waals surface area (Å²) in [5, 5.41) is 3.12. The third-order valence-corrected chi connectivity index (χ3v) is 2.67. The van der Waals surface area contributed by atoms with Crippen LogP contribution in [0.5, 0.6) is 17.2 Å². The first kappa shape index (κ1) is 15.1. The molecule has 0 saturated carbocycles. The molecule has 0 saturated heterocycles. The molecule has 0 spiro atoms. The van der Waals surface area contributed by atoms with Crippen LogP contribution in [-0.2, 0) is 11.3 Å². The number of ether oxygens (including phenoxy) is 3. The molecule has 0 radical (unpaired) electrons. The molecular weight excluding hydrogens is 248 g/mol. The van der Waals surface area contributed by atoms with Crippen molar-refractivity contribution in [3.63, 3.8) is 0 Å². The maximum Gasteiger partial charge on any atom is 0.218 e. The standard InChI is InChI=1S/C13H20N2O4/c1-17-9-6-11(18-2)10(12(7-9)19-3)8-15-5-4-13(14)16/h6-7,15H,4-5,8H2,1-3H3,(H2,14,16). The van der Waals surface area contributed by atoms with Crippen LogP contribution in [-0.4, -0.2) is 33.8 Å². The first-order valence-corrected chi connectivity index (χ1v) is 5.90. The summed E-state index contributed by atoms with van der Waals surface area (Å²) < 4.78 is 15.8. The van der Waals surface area contributed by atoms with Gasteiger partial charge < -0.3 is 25.3 Å². The molecule has 0 heterocycles. The average molecular weight is 268 g/mol. The molecule has 0 aliphatic heterocycles. The number of carbonyl (C=O) groups excluding carboxylic acids is 1. The van der Waals surface area contributed by atoms with Crippen molar-refractivity contribution >= 4 is 5.91 Å². The minimum absolute atomic E-state index is 0.292. The summed E-state index contributed by atoms with van der Waals surface area (Å²) in [6, 6.07) is 3.57. The largest absolute Gasteiger partial charge is 0.496 e. The van der Waals surface area contributed by atoms with E-state index in [0.29, 0.717) is 36.8 Å². The van der Waals surface area contributed by atoms with E-state index in [0.717, 1.165) is 5.56 Å². The lowest BCUT2D eigenvalue weighted by molar-refractivity contribution is -0.117. The molecule has 0 bridgehead atoms. The van der Waals surface area contributed by atoms with Crippen molar-refractivity contribution in [1.82, 2.24) is 5.32 Å². The number of carbonyl (C=O) groups is 1. The lowest BCUT2D eigenvalue weighted by Gasteiger charge is -2.15. The van der Waals surface area contributed by atoms with Gasteiger partial charge in [0.25, 0.3) is 0 Å². The topological polar surface area (TPSA) is 82.8 Å². The lowest BCUT2D eigenvalue weighted by Crippen LogP contribution is -2.22. The van der Waals surface area contributed by atoms with Crippen LogP contribution < -0.4 is 25.3 Å². The predicted octanol–water partition coefficient (Wildman–Crippen LogP) is 0.677. The van der Waals surface area contributed by atoms with E-state index in [9.17, 15) is 4.79 Å². The molecule has 0 unspecified atom stereocenters. The number of rotatable bonds is 8. The second-order valence-corrected chi connectivity index (χ2v) is 3.90. The molecule has 3 N–H and O–H groups in total. The molecule has 1 aromatic carbocycles. The van der Waals surface area contributed by atoms with Crippen LogP contribution in [0.3, 0.4) is 0 Å². The van der Waals surface area contributed by atoms with Crippen LogP contribution in [0.2, 0.25) is 0 Å². The Morgan fingerprint density at radius 3 is 2.16 bits per heavy atom. The quantitative estimate of drug-likeness (QED) is 0.677. The molecule has 19 heavy (non-hydrogen) atoms. The van der Waals surface area contributed by atoms with Gasteiger partial charge in [0, 0.05) is 31.6 Å². The summed E-state index contributed by atoms with van der Waals surface area (Å²) in [5.41, 5.74) is 5.95. The molecule has 0 fully saturated rings. The fourth-order valence-electron chi connectivity index (χ4n) is 1.68. The van der Waals surface area contributed by atoms with E-state index in [2.05, 4.69) is 5.32 Å². The number of primary amides is 1. The number of amides is 1. The molecule has 0 atom stereocenters. The van der Waals surface area contributed by atoms with Crippen molar-refractivity contribution in [3.05, 3.63) is 17.7 Å². The fourth-order valence-corrected chi connectivity index (χ4v) is 1.68. The first-order valence-electron chi connectivity index (χ1n) is 5.90. The lowest BCUT2D eigenvalue weighted by atomic mass is 10.1. The van der Waals surface area contributed by atoms with E-state index >= 15 is 0 Å². The van der Waals surface area contributed by atoms with Crippen LogP contribution in [0.25, 0.3) is 0 Å². The number of hydrogen-bond acceptors (Lipinski definition) is 5. The van der Waals surface area contributed by atoms with Crippen molar-refractivity contribution in [2.24, 2.45) is 5.73 Å². The van der Waals surface area contributed by atoms with E-state index in [1.54, 1.807) is 33.5 Å². The van der Waals surface area contributed by atoms with Gasteiger partial charge in [0.2, 0.25) is 5.91 Å². The van der Waals surface area contributed by atoms with Crippen molar-refractivity contribution in [2.75, 3.05) is 27.9 Å². The summed E-state index contributed by atoms with van der Waals surface area (Å²) in [6.45, 7) is 1.03. The highest BCUT2D eigenvalue weighted by Crippen LogP contribution is 2.33.